The van der Waals surface area contributed by atoms with Crippen molar-refractivity contribution >= 4 is 6.03 Å². The molecule has 0 spiro atoms. The maximum absolute atomic E-state index is 13.0. The van der Waals surface area contributed by atoms with Gasteiger partial charge in [0, 0.05) is 32.7 Å². The van der Waals surface area contributed by atoms with Gasteiger partial charge < -0.3 is 15.1 Å². The van der Waals surface area contributed by atoms with Crippen LogP contribution in [0.1, 0.15) is 5.56 Å². The largest absolute Gasteiger partial charge is 0.334 e. The Hall–Kier alpha value is -1.62. The number of nitrogens with one attached hydrogen (secondary N) is 1. The van der Waals surface area contributed by atoms with Crippen LogP contribution in [0.4, 0.5) is 9.18 Å². The Kier molecular flexibility index (Phi) is 4.15. The molecule has 2 amide bonds. The lowest BCUT2D eigenvalue weighted by molar-refractivity contribution is 0.154. The van der Waals surface area contributed by atoms with Crippen molar-refractivity contribution in [3.8, 4) is 0 Å². The smallest absolute Gasteiger partial charge is 0.317 e. The van der Waals surface area contributed by atoms with Crippen molar-refractivity contribution in [1.29, 1.82) is 0 Å². The van der Waals surface area contributed by atoms with Crippen molar-refractivity contribution in [3.05, 3.63) is 35.6 Å². The Morgan fingerprint density at radius 3 is 2.72 bits per heavy atom. The number of piperazine rings is 1. The van der Waals surface area contributed by atoms with Gasteiger partial charge in [0.25, 0.3) is 0 Å². The molecule has 0 aliphatic carbocycles. The fourth-order valence-corrected chi connectivity index (χ4v) is 1.95. The molecule has 5 heteroatoms. The van der Waals surface area contributed by atoms with Crippen molar-refractivity contribution in [2.24, 2.45) is 0 Å². The molecule has 1 aromatic carbocycles. The van der Waals surface area contributed by atoms with Gasteiger partial charge in [-0.05, 0) is 24.7 Å². The molecule has 1 heterocycles. The molecule has 1 N–H and O–H groups in total. The van der Waals surface area contributed by atoms with E-state index >= 15 is 0 Å². The molecule has 1 saturated heterocycles. The minimum atomic E-state index is -0.277. The summed E-state index contributed by atoms with van der Waals surface area (Å²) < 4.78 is 13.0. The third-order valence-electron chi connectivity index (χ3n) is 3.12. The maximum atomic E-state index is 13.0. The second kappa shape index (κ2) is 5.82. The van der Waals surface area contributed by atoms with Gasteiger partial charge in [-0.3, -0.25) is 0 Å². The predicted molar refractivity (Wildman–Crippen MR) is 67.7 cm³/mol. The second-order valence-corrected chi connectivity index (χ2v) is 4.58. The van der Waals surface area contributed by atoms with Crippen molar-refractivity contribution in [3.63, 3.8) is 0 Å². The van der Waals surface area contributed by atoms with Gasteiger partial charge >= 0.3 is 6.03 Å². The van der Waals surface area contributed by atoms with E-state index in [9.17, 15) is 9.18 Å². The number of likely N-dealkylation sites (N-methyl/N-ethyl adjacent to an activating group) is 1. The summed E-state index contributed by atoms with van der Waals surface area (Å²) in [4.78, 5) is 15.8. The van der Waals surface area contributed by atoms with Crippen LogP contribution in [0.3, 0.4) is 0 Å². The van der Waals surface area contributed by atoms with Crippen molar-refractivity contribution in [1.82, 2.24) is 15.1 Å². The van der Waals surface area contributed by atoms with E-state index in [1.165, 1.54) is 12.1 Å². The maximum Gasteiger partial charge on any atom is 0.317 e. The van der Waals surface area contributed by atoms with Crippen LogP contribution >= 0.6 is 0 Å². The fourth-order valence-electron chi connectivity index (χ4n) is 1.95. The van der Waals surface area contributed by atoms with E-state index in [0.29, 0.717) is 6.54 Å². The monoisotopic (exact) mass is 251 g/mol. The van der Waals surface area contributed by atoms with E-state index in [1.54, 1.807) is 17.0 Å². The highest BCUT2D eigenvalue weighted by atomic mass is 19.1. The van der Waals surface area contributed by atoms with Gasteiger partial charge in [-0.25, -0.2) is 9.18 Å². The molecule has 0 atom stereocenters. The molecule has 0 radical (unpaired) electrons. The third kappa shape index (κ3) is 3.43. The molecule has 1 fully saturated rings. The molecule has 1 aromatic rings. The second-order valence-electron chi connectivity index (χ2n) is 4.58. The van der Waals surface area contributed by atoms with Gasteiger partial charge in [0.15, 0.2) is 0 Å². The Bertz CT molecular complexity index is 416. The van der Waals surface area contributed by atoms with Crippen LogP contribution in [0.5, 0.6) is 0 Å². The van der Waals surface area contributed by atoms with Crippen LogP contribution < -0.4 is 5.32 Å². The topological polar surface area (TPSA) is 35.6 Å². The molecule has 0 aromatic heterocycles. The standard InChI is InChI=1S/C13H18FN3O/c1-16-5-7-17(8-6-16)13(18)15-10-11-3-2-4-12(14)9-11/h2-4,9H,5-8,10H2,1H3,(H,15,18). The van der Waals surface area contributed by atoms with E-state index in [1.807, 2.05) is 7.05 Å². The van der Waals surface area contributed by atoms with E-state index in [2.05, 4.69) is 10.2 Å². The van der Waals surface area contributed by atoms with Crippen LogP contribution in [0.2, 0.25) is 0 Å². The first kappa shape index (κ1) is 12.8. The lowest BCUT2D eigenvalue weighted by Gasteiger charge is -2.32. The molecule has 0 bridgehead atoms. The molecule has 0 unspecified atom stereocenters. The Balaban J connectivity index is 1.81. The summed E-state index contributed by atoms with van der Waals surface area (Å²) in [6.07, 6.45) is 0. The first-order valence-electron chi connectivity index (χ1n) is 6.11. The van der Waals surface area contributed by atoms with Gasteiger partial charge in [0.05, 0.1) is 0 Å². The molecule has 1 aliphatic heterocycles. The summed E-state index contributed by atoms with van der Waals surface area (Å²) in [5, 5.41) is 2.81. The lowest BCUT2D eigenvalue weighted by Crippen LogP contribution is -2.50. The number of hydrogen-bond donors (Lipinski definition) is 1. The van der Waals surface area contributed by atoms with Crippen LogP contribution in [0.15, 0.2) is 24.3 Å². The number of urea groups is 1. The molecule has 98 valence electrons. The van der Waals surface area contributed by atoms with Gasteiger partial charge in [-0.15, -0.1) is 0 Å². The summed E-state index contributed by atoms with van der Waals surface area (Å²) in [6.45, 7) is 3.64. The number of halogens is 1. The SMILES string of the molecule is CN1CCN(C(=O)NCc2cccc(F)c2)CC1. The molecular formula is C13H18FN3O. The highest BCUT2D eigenvalue weighted by Gasteiger charge is 2.18. The fraction of sp³-hybridized carbons (Fsp3) is 0.462. The number of carbonyl (C=O) groups is 1. The summed E-state index contributed by atoms with van der Waals surface area (Å²) >= 11 is 0. The number of amides is 2. The Labute approximate surface area is 106 Å². The summed E-state index contributed by atoms with van der Waals surface area (Å²) in [5.41, 5.74) is 0.775. The summed E-state index contributed by atoms with van der Waals surface area (Å²) in [5.74, 6) is -0.277. The van der Waals surface area contributed by atoms with Crippen LogP contribution in [-0.2, 0) is 6.54 Å². The summed E-state index contributed by atoms with van der Waals surface area (Å²) in [6, 6.07) is 6.20. The van der Waals surface area contributed by atoms with E-state index in [4.69, 9.17) is 0 Å². The van der Waals surface area contributed by atoms with Gasteiger partial charge in [0.2, 0.25) is 0 Å². The quantitative estimate of drug-likeness (QED) is 0.859. The number of carbonyl (C=O) groups excluding carboxylic acids is 1. The number of hydrogen-bond acceptors (Lipinski definition) is 2. The van der Waals surface area contributed by atoms with Crippen LogP contribution in [0, 0.1) is 5.82 Å². The van der Waals surface area contributed by atoms with Crippen molar-refractivity contribution in [2.45, 2.75) is 6.54 Å². The predicted octanol–water partition coefficient (Wildman–Crippen LogP) is 1.28. The lowest BCUT2D eigenvalue weighted by atomic mass is 10.2. The number of nitrogens with zero attached hydrogens (tertiary/aromatic N) is 2. The highest BCUT2D eigenvalue weighted by molar-refractivity contribution is 5.74. The molecule has 0 saturated carbocycles. The zero-order valence-electron chi connectivity index (χ0n) is 10.5. The number of rotatable bonds is 2. The Morgan fingerprint density at radius 1 is 1.33 bits per heavy atom. The van der Waals surface area contributed by atoms with Gasteiger partial charge in [-0.1, -0.05) is 12.1 Å². The Morgan fingerprint density at radius 2 is 2.06 bits per heavy atom. The highest BCUT2D eigenvalue weighted by Crippen LogP contribution is 2.04. The minimum absolute atomic E-state index is 0.0765. The average molecular weight is 251 g/mol. The van der Waals surface area contributed by atoms with E-state index < -0.39 is 0 Å². The molecule has 1 aliphatic rings. The van der Waals surface area contributed by atoms with Gasteiger partial charge in [-0.2, -0.15) is 0 Å². The summed E-state index contributed by atoms with van der Waals surface area (Å²) in [7, 11) is 2.04. The molecule has 2 rings (SSSR count). The van der Waals surface area contributed by atoms with E-state index in [-0.39, 0.29) is 11.8 Å². The zero-order chi connectivity index (χ0) is 13.0. The zero-order valence-corrected chi connectivity index (χ0v) is 10.5. The third-order valence-corrected chi connectivity index (χ3v) is 3.12. The first-order valence-corrected chi connectivity index (χ1v) is 6.11. The van der Waals surface area contributed by atoms with Crippen LogP contribution in [-0.4, -0.2) is 49.1 Å². The average Bonchev–Trinajstić information content (AvgIpc) is 2.37. The van der Waals surface area contributed by atoms with Crippen molar-refractivity contribution in [2.75, 3.05) is 33.2 Å². The van der Waals surface area contributed by atoms with Crippen molar-refractivity contribution < 1.29 is 9.18 Å². The van der Waals surface area contributed by atoms with E-state index in [0.717, 1.165) is 31.7 Å². The minimum Gasteiger partial charge on any atom is -0.334 e. The van der Waals surface area contributed by atoms with Gasteiger partial charge in [0.1, 0.15) is 5.82 Å². The van der Waals surface area contributed by atoms with Crippen LogP contribution in [0.25, 0.3) is 0 Å². The first-order chi connectivity index (χ1) is 8.65. The molecule has 18 heavy (non-hydrogen) atoms. The number of benzene rings is 1. The molecular weight excluding hydrogens is 233 g/mol. The normalized spacial score (nSPS) is 16.7. The molecule has 4 nitrogen and oxygen atoms in total.